The highest BCUT2D eigenvalue weighted by atomic mass is 32.2. The van der Waals surface area contributed by atoms with E-state index in [-0.39, 0.29) is 23.7 Å². The van der Waals surface area contributed by atoms with Crippen molar-refractivity contribution in [3.63, 3.8) is 0 Å². The first kappa shape index (κ1) is 15.3. The number of nitrogens with two attached hydrogens (primary N) is 1. The van der Waals surface area contributed by atoms with Crippen molar-refractivity contribution in [3.05, 3.63) is 28.3 Å². The normalized spacial score (nSPS) is 11.6. The summed E-state index contributed by atoms with van der Waals surface area (Å²) >= 11 is 0. The lowest BCUT2D eigenvalue weighted by Crippen LogP contribution is -2.31. The van der Waals surface area contributed by atoms with Gasteiger partial charge in [0.2, 0.25) is 10.0 Å². The molecule has 0 fully saturated rings. The van der Waals surface area contributed by atoms with E-state index in [0.717, 1.165) is 10.4 Å². The summed E-state index contributed by atoms with van der Waals surface area (Å²) in [6, 6.07) is 3.65. The number of nitrogens with one attached hydrogen (secondary N) is 1. The van der Waals surface area contributed by atoms with Crippen LogP contribution in [-0.4, -0.2) is 30.7 Å². The lowest BCUT2D eigenvalue weighted by Gasteiger charge is -2.18. The standard InChI is InChI=1S/C10H16N4O4S/c1-3-13(4-2)19(17,18)10-6-5-8(12-11)7-9(10)14(15)16/h5-7,12H,3-4,11H2,1-2H3. The number of benzene rings is 1. The Kier molecular flexibility index (Phi) is 4.81. The molecule has 8 nitrogen and oxygen atoms in total. The van der Waals surface area contributed by atoms with E-state index in [1.165, 1.54) is 12.1 Å². The summed E-state index contributed by atoms with van der Waals surface area (Å²) in [5.41, 5.74) is 2.02. The van der Waals surface area contributed by atoms with E-state index in [1.807, 2.05) is 0 Å². The van der Waals surface area contributed by atoms with Crippen LogP contribution in [0.15, 0.2) is 23.1 Å². The Morgan fingerprint density at radius 3 is 2.37 bits per heavy atom. The summed E-state index contributed by atoms with van der Waals surface area (Å²) in [5, 5.41) is 11.0. The molecule has 0 saturated heterocycles. The molecule has 0 saturated carbocycles. The first-order valence-electron chi connectivity index (χ1n) is 5.63. The molecule has 0 aromatic heterocycles. The fourth-order valence-electron chi connectivity index (χ4n) is 1.67. The van der Waals surface area contributed by atoms with Gasteiger partial charge in [-0.05, 0) is 12.1 Å². The van der Waals surface area contributed by atoms with E-state index < -0.39 is 20.6 Å². The highest BCUT2D eigenvalue weighted by Crippen LogP contribution is 2.29. The zero-order valence-electron chi connectivity index (χ0n) is 10.7. The van der Waals surface area contributed by atoms with Crippen LogP contribution < -0.4 is 11.3 Å². The number of nitrogen functional groups attached to an aromatic ring is 1. The van der Waals surface area contributed by atoms with Gasteiger partial charge in [-0.1, -0.05) is 13.8 Å². The number of hydrazine groups is 1. The molecule has 0 spiro atoms. The lowest BCUT2D eigenvalue weighted by atomic mass is 10.3. The van der Waals surface area contributed by atoms with Gasteiger partial charge >= 0.3 is 0 Å². The van der Waals surface area contributed by atoms with Crippen molar-refractivity contribution < 1.29 is 13.3 Å². The maximum absolute atomic E-state index is 12.3. The fraction of sp³-hybridized carbons (Fsp3) is 0.400. The van der Waals surface area contributed by atoms with E-state index in [2.05, 4.69) is 5.43 Å². The van der Waals surface area contributed by atoms with Gasteiger partial charge < -0.3 is 5.43 Å². The summed E-state index contributed by atoms with van der Waals surface area (Å²) in [4.78, 5) is 9.92. The van der Waals surface area contributed by atoms with Crippen LogP contribution in [0.2, 0.25) is 0 Å². The summed E-state index contributed by atoms with van der Waals surface area (Å²) in [5.74, 6) is 5.16. The molecule has 19 heavy (non-hydrogen) atoms. The third-order valence-corrected chi connectivity index (χ3v) is 4.74. The van der Waals surface area contributed by atoms with Gasteiger partial charge in [-0.15, -0.1) is 0 Å². The maximum Gasteiger partial charge on any atom is 0.291 e. The predicted octanol–water partition coefficient (Wildman–Crippen LogP) is 0.911. The average Bonchev–Trinajstić information content (AvgIpc) is 2.38. The molecule has 0 aliphatic carbocycles. The number of sulfonamides is 1. The molecule has 1 aromatic rings. The molecular weight excluding hydrogens is 272 g/mol. The van der Waals surface area contributed by atoms with Crippen LogP contribution in [0, 0.1) is 10.1 Å². The maximum atomic E-state index is 12.3. The molecule has 0 atom stereocenters. The number of nitrogens with zero attached hydrogens (tertiary/aromatic N) is 2. The van der Waals surface area contributed by atoms with E-state index in [0.29, 0.717) is 0 Å². The van der Waals surface area contributed by atoms with E-state index in [9.17, 15) is 18.5 Å². The molecule has 106 valence electrons. The molecule has 0 aliphatic heterocycles. The minimum absolute atomic E-state index is 0.243. The first-order chi connectivity index (χ1) is 8.88. The fourth-order valence-corrected chi connectivity index (χ4v) is 3.27. The van der Waals surface area contributed by atoms with Crippen molar-refractivity contribution in [2.75, 3.05) is 18.5 Å². The molecule has 1 rings (SSSR count). The molecular formula is C10H16N4O4S. The molecule has 0 amide bonds. The molecule has 0 heterocycles. The Morgan fingerprint density at radius 2 is 1.95 bits per heavy atom. The quantitative estimate of drug-likeness (QED) is 0.456. The number of hydrogen-bond donors (Lipinski definition) is 2. The monoisotopic (exact) mass is 288 g/mol. The Hall–Kier alpha value is -1.71. The minimum atomic E-state index is -3.88. The second-order valence-electron chi connectivity index (χ2n) is 3.67. The minimum Gasteiger partial charge on any atom is -0.324 e. The van der Waals surface area contributed by atoms with Gasteiger partial charge in [0, 0.05) is 19.2 Å². The number of hydrogen-bond acceptors (Lipinski definition) is 6. The third-order valence-electron chi connectivity index (χ3n) is 2.65. The van der Waals surface area contributed by atoms with E-state index in [4.69, 9.17) is 5.84 Å². The van der Waals surface area contributed by atoms with Gasteiger partial charge in [-0.2, -0.15) is 4.31 Å². The second kappa shape index (κ2) is 5.95. The summed E-state index contributed by atoms with van der Waals surface area (Å²) in [7, 11) is -3.88. The van der Waals surface area contributed by atoms with Crippen LogP contribution in [-0.2, 0) is 10.0 Å². The predicted molar refractivity (Wildman–Crippen MR) is 71.0 cm³/mol. The summed E-state index contributed by atoms with van der Waals surface area (Å²) in [6.45, 7) is 3.82. The summed E-state index contributed by atoms with van der Waals surface area (Å²) in [6.07, 6.45) is 0. The average molecular weight is 288 g/mol. The van der Waals surface area contributed by atoms with Gasteiger partial charge in [0.1, 0.15) is 0 Å². The van der Waals surface area contributed by atoms with Crippen LogP contribution >= 0.6 is 0 Å². The molecule has 0 unspecified atom stereocenters. The highest BCUT2D eigenvalue weighted by Gasteiger charge is 2.30. The van der Waals surface area contributed by atoms with Gasteiger partial charge in [0.25, 0.3) is 5.69 Å². The number of nitro groups is 1. The SMILES string of the molecule is CCN(CC)S(=O)(=O)c1ccc(NN)cc1[N+](=O)[O-]. The lowest BCUT2D eigenvalue weighted by molar-refractivity contribution is -0.387. The molecule has 0 radical (unpaired) electrons. The summed E-state index contributed by atoms with van der Waals surface area (Å²) < 4.78 is 25.7. The number of rotatable bonds is 6. The molecule has 9 heteroatoms. The van der Waals surface area contributed by atoms with Crippen molar-refractivity contribution in [1.82, 2.24) is 4.31 Å². The smallest absolute Gasteiger partial charge is 0.291 e. The first-order valence-corrected chi connectivity index (χ1v) is 7.07. The van der Waals surface area contributed by atoms with Crippen LogP contribution in [0.4, 0.5) is 11.4 Å². The molecule has 0 aliphatic rings. The van der Waals surface area contributed by atoms with Crippen molar-refractivity contribution in [2.24, 2.45) is 5.84 Å². The Bertz CT molecular complexity index is 569. The Morgan fingerprint density at radius 1 is 1.37 bits per heavy atom. The van der Waals surface area contributed by atoms with Crippen molar-refractivity contribution in [2.45, 2.75) is 18.7 Å². The van der Waals surface area contributed by atoms with Crippen LogP contribution in [0.3, 0.4) is 0 Å². The van der Waals surface area contributed by atoms with Gasteiger partial charge in [0.15, 0.2) is 4.90 Å². The zero-order chi connectivity index (χ0) is 14.6. The van der Waals surface area contributed by atoms with E-state index >= 15 is 0 Å². The van der Waals surface area contributed by atoms with Crippen LogP contribution in [0.5, 0.6) is 0 Å². The highest BCUT2D eigenvalue weighted by molar-refractivity contribution is 7.89. The molecule has 3 N–H and O–H groups in total. The third kappa shape index (κ3) is 3.00. The molecule has 0 bridgehead atoms. The van der Waals surface area contributed by atoms with Crippen molar-refractivity contribution >= 4 is 21.4 Å². The largest absolute Gasteiger partial charge is 0.324 e. The van der Waals surface area contributed by atoms with Gasteiger partial charge in [0.05, 0.1) is 10.6 Å². The molecule has 1 aromatic carbocycles. The topological polar surface area (TPSA) is 119 Å². The number of anilines is 1. The Balaban J connectivity index is 3.46. The van der Waals surface area contributed by atoms with Crippen molar-refractivity contribution in [3.8, 4) is 0 Å². The van der Waals surface area contributed by atoms with E-state index in [1.54, 1.807) is 13.8 Å². The Labute approximate surface area is 111 Å². The zero-order valence-corrected chi connectivity index (χ0v) is 11.5. The van der Waals surface area contributed by atoms with Crippen LogP contribution in [0.25, 0.3) is 0 Å². The van der Waals surface area contributed by atoms with Crippen LogP contribution in [0.1, 0.15) is 13.8 Å². The number of nitro benzene ring substituents is 1. The van der Waals surface area contributed by atoms with Gasteiger partial charge in [-0.3, -0.25) is 16.0 Å². The van der Waals surface area contributed by atoms with Crippen molar-refractivity contribution in [1.29, 1.82) is 0 Å². The second-order valence-corrected chi connectivity index (χ2v) is 5.58. The van der Waals surface area contributed by atoms with Gasteiger partial charge in [-0.25, -0.2) is 8.42 Å².